The smallest absolute Gasteiger partial charge is 0.408 e. The second-order valence-electron chi connectivity index (χ2n) is 8.38. The van der Waals surface area contributed by atoms with Gasteiger partial charge < -0.3 is 20.7 Å². The van der Waals surface area contributed by atoms with Crippen molar-refractivity contribution in [2.24, 2.45) is 5.14 Å². The summed E-state index contributed by atoms with van der Waals surface area (Å²) in [5.41, 5.74) is -0.318. The Balaban J connectivity index is 1.86. The van der Waals surface area contributed by atoms with E-state index in [0.29, 0.717) is 0 Å². The summed E-state index contributed by atoms with van der Waals surface area (Å²) in [5.74, 6) is -1.19. The number of amides is 3. The Morgan fingerprint density at radius 1 is 0.778 bits per heavy atom. The van der Waals surface area contributed by atoms with E-state index in [-0.39, 0.29) is 34.3 Å². The summed E-state index contributed by atoms with van der Waals surface area (Å²) in [6, 6.07) is 10.0. The van der Waals surface area contributed by atoms with Gasteiger partial charge in [0.2, 0.25) is 21.8 Å². The van der Waals surface area contributed by atoms with Gasteiger partial charge in [0, 0.05) is 11.4 Å². The van der Waals surface area contributed by atoms with E-state index in [9.17, 15) is 31.2 Å². The van der Waals surface area contributed by atoms with Crippen LogP contribution in [0.4, 0.5) is 16.2 Å². The predicted molar refractivity (Wildman–Crippen MR) is 131 cm³/mol. The molecule has 0 atom stereocenters. The van der Waals surface area contributed by atoms with Crippen molar-refractivity contribution >= 4 is 49.3 Å². The van der Waals surface area contributed by atoms with Crippen LogP contribution in [-0.2, 0) is 34.4 Å². The van der Waals surface area contributed by atoms with Gasteiger partial charge in [-0.2, -0.15) is 0 Å². The number of sulfonamides is 2. The van der Waals surface area contributed by atoms with Crippen molar-refractivity contribution in [1.29, 1.82) is 0 Å². The van der Waals surface area contributed by atoms with E-state index >= 15 is 0 Å². The summed E-state index contributed by atoms with van der Waals surface area (Å²) in [6.45, 7) is 4.25. The van der Waals surface area contributed by atoms with Crippen molar-refractivity contribution in [2.45, 2.75) is 36.2 Å². The number of rotatable bonds is 9. The van der Waals surface area contributed by atoms with E-state index < -0.39 is 43.6 Å². The molecule has 0 aromatic heterocycles. The van der Waals surface area contributed by atoms with Crippen molar-refractivity contribution in [2.75, 3.05) is 23.1 Å². The molecule has 0 heterocycles. The molecule has 0 aliphatic rings. The van der Waals surface area contributed by atoms with Crippen molar-refractivity contribution in [3.63, 3.8) is 0 Å². The van der Waals surface area contributed by atoms with Gasteiger partial charge in [-0.1, -0.05) is 0 Å². The maximum Gasteiger partial charge on any atom is 0.408 e. The van der Waals surface area contributed by atoms with Crippen LogP contribution >= 0.6 is 0 Å². The Hall–Kier alpha value is -3.69. The van der Waals surface area contributed by atoms with Crippen LogP contribution in [0, 0.1) is 0 Å². The van der Waals surface area contributed by atoms with E-state index in [0.717, 1.165) is 12.1 Å². The molecule has 0 saturated heterocycles. The minimum absolute atomic E-state index is 0.113. The number of alkyl carbamates (subject to hydrolysis) is 1. The average molecular weight is 542 g/mol. The molecule has 0 fully saturated rings. The van der Waals surface area contributed by atoms with Crippen molar-refractivity contribution in [3.8, 4) is 0 Å². The minimum atomic E-state index is -4.00. The molecule has 2 aromatic carbocycles. The molecule has 0 spiro atoms. The van der Waals surface area contributed by atoms with Crippen LogP contribution in [0.15, 0.2) is 58.3 Å². The fourth-order valence-corrected chi connectivity index (χ4v) is 4.13. The second-order valence-corrected chi connectivity index (χ2v) is 11.6. The summed E-state index contributed by atoms with van der Waals surface area (Å²) in [4.78, 5) is 35.1. The van der Waals surface area contributed by atoms with E-state index in [2.05, 4.69) is 20.7 Å². The average Bonchev–Trinajstić information content (AvgIpc) is 2.75. The monoisotopic (exact) mass is 541 g/mol. The first kappa shape index (κ1) is 28.5. The van der Waals surface area contributed by atoms with Gasteiger partial charge in [0.1, 0.15) is 12.1 Å². The van der Waals surface area contributed by atoms with E-state index in [4.69, 9.17) is 9.88 Å². The highest BCUT2D eigenvalue weighted by molar-refractivity contribution is 7.92. The molecule has 15 heteroatoms. The number of carbonyl (C=O) groups excluding carboxylic acids is 3. The van der Waals surface area contributed by atoms with Crippen LogP contribution < -0.4 is 25.8 Å². The summed E-state index contributed by atoms with van der Waals surface area (Å²) >= 11 is 0. The van der Waals surface area contributed by atoms with Gasteiger partial charge in [0.15, 0.2) is 0 Å². The van der Waals surface area contributed by atoms with Crippen LogP contribution in [-0.4, -0.2) is 53.4 Å². The molecule has 0 aliphatic heterocycles. The lowest BCUT2D eigenvalue weighted by molar-refractivity contribution is -0.123. The van der Waals surface area contributed by atoms with Gasteiger partial charge in [0.05, 0.1) is 16.3 Å². The number of nitrogens with two attached hydrogens (primary N) is 1. The quantitative estimate of drug-likeness (QED) is 0.305. The number of hydrogen-bond donors (Lipinski definition) is 5. The molecule has 3 amide bonds. The fourth-order valence-electron chi connectivity index (χ4n) is 2.56. The molecule has 13 nitrogen and oxygen atoms in total. The zero-order valence-corrected chi connectivity index (χ0v) is 21.3. The number of benzene rings is 2. The Kier molecular flexibility index (Phi) is 9.01. The number of ether oxygens (including phenoxy) is 1. The van der Waals surface area contributed by atoms with Gasteiger partial charge in [-0.05, 0) is 69.3 Å². The largest absolute Gasteiger partial charge is 0.444 e. The molecule has 0 saturated carbocycles. The normalized spacial score (nSPS) is 11.8. The first-order chi connectivity index (χ1) is 16.5. The van der Waals surface area contributed by atoms with Crippen molar-refractivity contribution < 1.29 is 36.0 Å². The molecular formula is C21H27N5O8S2. The number of primary sulfonamides is 1. The number of nitrogens with one attached hydrogen (secondary N) is 4. The highest BCUT2D eigenvalue weighted by Gasteiger charge is 2.17. The molecule has 0 bridgehead atoms. The summed E-state index contributed by atoms with van der Waals surface area (Å²) in [6.07, 6.45) is -0.771. The first-order valence-corrected chi connectivity index (χ1v) is 13.4. The molecular weight excluding hydrogens is 514 g/mol. The maximum absolute atomic E-state index is 12.6. The summed E-state index contributed by atoms with van der Waals surface area (Å²) in [7, 11) is -7.91. The SMILES string of the molecule is CC(C)(C)OC(=O)NCC(=O)NCC(=O)Nc1ccc(S(=O)(=O)Nc2ccc(S(N)(=O)=O)cc2)cc1. The van der Waals surface area contributed by atoms with Gasteiger partial charge in [-0.25, -0.2) is 26.8 Å². The topological polar surface area (TPSA) is 203 Å². The lowest BCUT2D eigenvalue weighted by Crippen LogP contribution is -2.41. The van der Waals surface area contributed by atoms with Gasteiger partial charge in [-0.15, -0.1) is 0 Å². The summed E-state index contributed by atoms with van der Waals surface area (Å²) < 4.78 is 55.0. The standard InChI is InChI=1S/C21H27N5O8S2/c1-21(2,3)34-20(29)24-12-18(27)23-13-19(28)25-14-4-10-17(11-5-14)36(32,33)26-15-6-8-16(9-7-15)35(22,30)31/h4-11,26H,12-13H2,1-3H3,(H,23,27)(H,24,29)(H,25,28)(H2,22,30,31). The van der Waals surface area contributed by atoms with Gasteiger partial charge >= 0.3 is 6.09 Å². The van der Waals surface area contributed by atoms with Crippen LogP contribution in [0.3, 0.4) is 0 Å². The van der Waals surface area contributed by atoms with E-state index in [1.54, 1.807) is 20.8 Å². The fraction of sp³-hybridized carbons (Fsp3) is 0.286. The lowest BCUT2D eigenvalue weighted by atomic mass is 10.2. The molecule has 6 N–H and O–H groups in total. The molecule has 2 aromatic rings. The Bertz CT molecular complexity index is 1320. The summed E-state index contributed by atoms with van der Waals surface area (Å²) in [5, 5.41) is 12.1. The van der Waals surface area contributed by atoms with Crippen LogP contribution in [0.5, 0.6) is 0 Å². The van der Waals surface area contributed by atoms with Gasteiger partial charge in [-0.3, -0.25) is 14.3 Å². The van der Waals surface area contributed by atoms with E-state index in [1.165, 1.54) is 36.4 Å². The van der Waals surface area contributed by atoms with Gasteiger partial charge in [0.25, 0.3) is 10.0 Å². The third-order valence-electron chi connectivity index (χ3n) is 4.12. The first-order valence-electron chi connectivity index (χ1n) is 10.3. The Labute approximate surface area is 208 Å². The van der Waals surface area contributed by atoms with E-state index in [1.807, 2.05) is 0 Å². The number of carbonyl (C=O) groups is 3. The molecule has 0 unspecified atom stereocenters. The zero-order valence-electron chi connectivity index (χ0n) is 19.7. The second kappa shape index (κ2) is 11.4. The van der Waals surface area contributed by atoms with Crippen molar-refractivity contribution in [1.82, 2.24) is 10.6 Å². The number of hydrogen-bond acceptors (Lipinski definition) is 8. The molecule has 36 heavy (non-hydrogen) atoms. The van der Waals surface area contributed by atoms with Crippen LogP contribution in [0.2, 0.25) is 0 Å². The molecule has 2 rings (SSSR count). The van der Waals surface area contributed by atoms with Crippen molar-refractivity contribution in [3.05, 3.63) is 48.5 Å². The molecule has 0 radical (unpaired) electrons. The molecule has 196 valence electrons. The highest BCUT2D eigenvalue weighted by atomic mass is 32.2. The Morgan fingerprint density at radius 3 is 1.81 bits per heavy atom. The van der Waals surface area contributed by atoms with Crippen LogP contribution in [0.25, 0.3) is 0 Å². The predicted octanol–water partition coefficient (Wildman–Crippen LogP) is 0.714. The van der Waals surface area contributed by atoms with Crippen LogP contribution in [0.1, 0.15) is 20.8 Å². The third kappa shape index (κ3) is 9.52. The maximum atomic E-state index is 12.6. The third-order valence-corrected chi connectivity index (χ3v) is 6.45. The zero-order chi connectivity index (χ0) is 27.1. The Morgan fingerprint density at radius 2 is 1.28 bits per heavy atom. The molecule has 0 aliphatic carbocycles. The highest BCUT2D eigenvalue weighted by Crippen LogP contribution is 2.19. The number of anilines is 2. The lowest BCUT2D eigenvalue weighted by Gasteiger charge is -2.19. The minimum Gasteiger partial charge on any atom is -0.444 e.